The molecule has 0 bridgehead atoms. The number of hydrazine groups is 1. The lowest BCUT2D eigenvalue weighted by atomic mass is 10.1. The van der Waals surface area contributed by atoms with Crippen molar-refractivity contribution in [1.82, 2.24) is 9.99 Å². The summed E-state index contributed by atoms with van der Waals surface area (Å²) >= 11 is 12.5. The number of amides is 3. The molecule has 13 heteroatoms. The molecule has 0 aliphatic carbocycles. The first kappa shape index (κ1) is 30.7. The molecule has 42 heavy (non-hydrogen) atoms. The van der Waals surface area contributed by atoms with Crippen molar-refractivity contribution in [2.75, 3.05) is 16.9 Å². The van der Waals surface area contributed by atoms with Crippen LogP contribution in [0.4, 0.5) is 21.0 Å². The highest BCUT2D eigenvalue weighted by molar-refractivity contribution is 6.39. The number of H-pyrrole nitrogens is 1. The van der Waals surface area contributed by atoms with E-state index in [2.05, 4.69) is 10.3 Å². The molecule has 1 aliphatic heterocycles. The molecule has 1 aliphatic rings. The van der Waals surface area contributed by atoms with Crippen LogP contribution in [0.3, 0.4) is 0 Å². The molecule has 3 amide bonds. The van der Waals surface area contributed by atoms with Crippen molar-refractivity contribution >= 4 is 75.6 Å². The van der Waals surface area contributed by atoms with E-state index in [9.17, 15) is 24.3 Å². The SMILES string of the molecule is CC(C)(C)OC(=O)Nc1ccc(N2C(=O)/C(=C/c3c(C(=O)O)[nH]c4cc(Cl)cc(Cl)c34)CN2C(=O)OC(C)(C)C)cc1. The van der Waals surface area contributed by atoms with Crippen molar-refractivity contribution in [3.63, 3.8) is 0 Å². The summed E-state index contributed by atoms with van der Waals surface area (Å²) in [7, 11) is 0. The highest BCUT2D eigenvalue weighted by Gasteiger charge is 2.40. The maximum atomic E-state index is 13.8. The number of hydrogen-bond acceptors (Lipinski definition) is 6. The van der Waals surface area contributed by atoms with Gasteiger partial charge in [-0.1, -0.05) is 23.2 Å². The third-order valence-corrected chi connectivity index (χ3v) is 6.29. The van der Waals surface area contributed by atoms with Crippen molar-refractivity contribution in [2.45, 2.75) is 52.7 Å². The van der Waals surface area contributed by atoms with E-state index in [1.54, 1.807) is 53.7 Å². The minimum atomic E-state index is -1.27. The first-order valence-electron chi connectivity index (χ1n) is 12.8. The van der Waals surface area contributed by atoms with Crippen molar-refractivity contribution < 1.29 is 33.8 Å². The molecule has 0 radical (unpaired) electrons. The Balaban J connectivity index is 1.75. The van der Waals surface area contributed by atoms with E-state index in [0.29, 0.717) is 27.3 Å². The highest BCUT2D eigenvalue weighted by atomic mass is 35.5. The molecule has 222 valence electrons. The van der Waals surface area contributed by atoms with Crippen molar-refractivity contribution in [3.05, 3.63) is 63.3 Å². The van der Waals surface area contributed by atoms with Crippen LogP contribution in [0.2, 0.25) is 10.0 Å². The van der Waals surface area contributed by atoms with E-state index in [4.69, 9.17) is 32.7 Å². The molecule has 1 aromatic heterocycles. The zero-order valence-electron chi connectivity index (χ0n) is 23.8. The lowest BCUT2D eigenvalue weighted by Gasteiger charge is -2.30. The number of carbonyl (C=O) groups excluding carboxylic acids is 3. The summed E-state index contributed by atoms with van der Waals surface area (Å²) in [5.74, 6) is -1.87. The number of carbonyl (C=O) groups is 4. The van der Waals surface area contributed by atoms with Crippen LogP contribution in [0.1, 0.15) is 57.6 Å². The van der Waals surface area contributed by atoms with Gasteiger partial charge in [0.05, 0.1) is 17.3 Å². The summed E-state index contributed by atoms with van der Waals surface area (Å²) in [6.07, 6.45) is -0.0568. The molecule has 0 unspecified atom stereocenters. The van der Waals surface area contributed by atoms with E-state index in [1.165, 1.54) is 30.3 Å². The van der Waals surface area contributed by atoms with Gasteiger partial charge in [0.25, 0.3) is 5.91 Å². The number of halogens is 2. The third-order valence-electron chi connectivity index (χ3n) is 5.78. The van der Waals surface area contributed by atoms with Crippen molar-refractivity contribution in [3.8, 4) is 0 Å². The average Bonchev–Trinajstić information content (AvgIpc) is 3.35. The summed E-state index contributed by atoms with van der Waals surface area (Å²) in [5.41, 5.74) is -0.421. The Morgan fingerprint density at radius 2 is 1.62 bits per heavy atom. The second-order valence-electron chi connectivity index (χ2n) is 11.5. The number of ether oxygens (including phenoxy) is 2. The zero-order valence-corrected chi connectivity index (χ0v) is 25.3. The summed E-state index contributed by atoms with van der Waals surface area (Å²) in [5, 5.41) is 15.6. The maximum Gasteiger partial charge on any atom is 0.430 e. The van der Waals surface area contributed by atoms with Gasteiger partial charge in [0.1, 0.15) is 16.9 Å². The first-order valence-corrected chi connectivity index (χ1v) is 13.6. The molecule has 3 N–H and O–H groups in total. The van der Waals surface area contributed by atoms with Crippen molar-refractivity contribution in [2.24, 2.45) is 0 Å². The largest absolute Gasteiger partial charge is 0.477 e. The number of benzene rings is 2. The second kappa shape index (κ2) is 11.2. The first-order chi connectivity index (χ1) is 19.4. The second-order valence-corrected chi connectivity index (χ2v) is 12.4. The molecular formula is C29H30Cl2N4O7. The maximum absolute atomic E-state index is 13.8. The number of fused-ring (bicyclic) bond motifs is 1. The number of aromatic nitrogens is 1. The number of anilines is 2. The molecule has 11 nitrogen and oxygen atoms in total. The van der Waals surface area contributed by atoms with E-state index >= 15 is 0 Å². The van der Waals surface area contributed by atoms with Crippen LogP contribution in [0.5, 0.6) is 0 Å². The Kier molecular flexibility index (Phi) is 8.21. The van der Waals surface area contributed by atoms with Gasteiger partial charge in [-0.3, -0.25) is 10.1 Å². The summed E-state index contributed by atoms with van der Waals surface area (Å²) < 4.78 is 10.8. The van der Waals surface area contributed by atoms with Crippen LogP contribution in [0.15, 0.2) is 42.0 Å². The van der Waals surface area contributed by atoms with Crippen LogP contribution >= 0.6 is 23.2 Å². The number of aromatic amines is 1. The Morgan fingerprint density at radius 3 is 2.19 bits per heavy atom. The summed E-state index contributed by atoms with van der Waals surface area (Å²) in [6.45, 7) is 10.1. The van der Waals surface area contributed by atoms with Gasteiger partial charge in [0, 0.05) is 32.7 Å². The molecule has 1 saturated heterocycles. The Bertz CT molecular complexity index is 1620. The predicted molar refractivity (Wildman–Crippen MR) is 160 cm³/mol. The molecule has 0 spiro atoms. The lowest BCUT2D eigenvalue weighted by Crippen LogP contribution is -2.45. The van der Waals surface area contributed by atoms with Gasteiger partial charge in [-0.2, -0.15) is 0 Å². The molecule has 1 fully saturated rings. The number of hydrogen-bond donors (Lipinski definition) is 3. The van der Waals surface area contributed by atoms with Crippen LogP contribution in [-0.4, -0.2) is 56.9 Å². The van der Waals surface area contributed by atoms with Gasteiger partial charge in [-0.05, 0) is 84.0 Å². The zero-order chi connectivity index (χ0) is 31.1. The monoisotopic (exact) mass is 616 g/mol. The minimum absolute atomic E-state index is 0.103. The molecule has 2 aromatic carbocycles. The third kappa shape index (κ3) is 6.80. The fraction of sp³-hybridized carbons (Fsp3) is 0.310. The molecule has 0 saturated carbocycles. The smallest absolute Gasteiger partial charge is 0.430 e. The lowest BCUT2D eigenvalue weighted by molar-refractivity contribution is -0.115. The fourth-order valence-electron chi connectivity index (χ4n) is 4.24. The standard InChI is InChI=1S/C29H30Cl2N4O7/c1-28(2,3)41-26(39)32-17-7-9-18(10-8-17)35-24(36)15(14-34(35)27(40)42-29(4,5)6)11-19-22-20(31)12-16(30)13-21(22)33-23(19)25(37)38/h7-13,33H,14H2,1-6H3,(H,32,39)(H,37,38)/b15-11+. The van der Waals surface area contributed by atoms with Crippen LogP contribution in [0, 0.1) is 0 Å². The minimum Gasteiger partial charge on any atom is -0.477 e. The number of carboxylic acid groups (broad SMARTS) is 1. The number of carboxylic acids is 1. The highest BCUT2D eigenvalue weighted by Crippen LogP contribution is 2.36. The van der Waals surface area contributed by atoms with Gasteiger partial charge in [0.15, 0.2) is 0 Å². The van der Waals surface area contributed by atoms with E-state index < -0.39 is 35.3 Å². The number of nitrogens with zero attached hydrogens (tertiary/aromatic N) is 2. The molecular weight excluding hydrogens is 587 g/mol. The van der Waals surface area contributed by atoms with Gasteiger partial charge < -0.3 is 19.6 Å². The Labute approximate surface area is 251 Å². The molecule has 2 heterocycles. The van der Waals surface area contributed by atoms with Gasteiger partial charge in [-0.25, -0.2) is 24.4 Å². The summed E-state index contributed by atoms with van der Waals surface area (Å²) in [6, 6.07) is 9.17. The van der Waals surface area contributed by atoms with E-state index in [1.807, 2.05) is 0 Å². The van der Waals surface area contributed by atoms with Gasteiger partial charge >= 0.3 is 18.2 Å². The Morgan fingerprint density at radius 1 is 1.00 bits per heavy atom. The van der Waals surface area contributed by atoms with Gasteiger partial charge in [-0.15, -0.1) is 0 Å². The van der Waals surface area contributed by atoms with E-state index in [-0.39, 0.29) is 28.4 Å². The van der Waals surface area contributed by atoms with Gasteiger partial charge in [0.2, 0.25) is 0 Å². The molecule has 4 rings (SSSR count). The average molecular weight is 617 g/mol. The quantitative estimate of drug-likeness (QED) is 0.265. The number of aromatic carboxylic acids is 1. The summed E-state index contributed by atoms with van der Waals surface area (Å²) in [4.78, 5) is 54.1. The van der Waals surface area contributed by atoms with Crippen molar-refractivity contribution in [1.29, 1.82) is 0 Å². The predicted octanol–water partition coefficient (Wildman–Crippen LogP) is 7.10. The van der Waals surface area contributed by atoms with Crippen LogP contribution in [0.25, 0.3) is 17.0 Å². The fourth-order valence-corrected chi connectivity index (χ4v) is 4.83. The van der Waals surface area contributed by atoms with Crippen LogP contribution < -0.4 is 10.3 Å². The topological polar surface area (TPSA) is 141 Å². The normalized spacial score (nSPS) is 15.0. The number of nitrogens with one attached hydrogen (secondary N) is 2. The molecule has 0 atom stereocenters. The van der Waals surface area contributed by atoms with Crippen LogP contribution in [-0.2, 0) is 14.3 Å². The number of rotatable bonds is 4. The van der Waals surface area contributed by atoms with E-state index in [0.717, 1.165) is 10.0 Å². The molecule has 3 aromatic rings. The Hall–Kier alpha value is -4.22.